The Hall–Kier alpha value is -1.69. The van der Waals surface area contributed by atoms with Gasteiger partial charge in [-0.1, -0.05) is 11.6 Å². The Labute approximate surface area is 111 Å². The van der Waals surface area contributed by atoms with Crippen molar-refractivity contribution in [2.75, 3.05) is 32.1 Å². The minimum atomic E-state index is -2.48. The quantitative estimate of drug-likeness (QED) is 0.747. The predicted octanol–water partition coefficient (Wildman–Crippen LogP) is 2.05. The van der Waals surface area contributed by atoms with Crippen molar-refractivity contribution in [3.63, 3.8) is 0 Å². The summed E-state index contributed by atoms with van der Waals surface area (Å²) in [5.74, 6) is -0.256. The second-order valence-electron chi connectivity index (χ2n) is 4.02. The molecule has 0 heterocycles. The summed E-state index contributed by atoms with van der Waals surface area (Å²) in [6, 6.07) is 5.48. The van der Waals surface area contributed by atoms with E-state index in [1.807, 2.05) is 19.1 Å². The van der Waals surface area contributed by atoms with Gasteiger partial charge in [0.05, 0.1) is 12.2 Å². The normalized spacial score (nSPS) is 10.6. The van der Waals surface area contributed by atoms with E-state index in [0.717, 1.165) is 11.3 Å². The fraction of sp³-hybridized carbons (Fsp3) is 0.462. The molecule has 1 rings (SSSR count). The smallest absolute Gasteiger partial charge is 0.261 e. The number of benzene rings is 1. The van der Waals surface area contributed by atoms with Crippen LogP contribution in [0.25, 0.3) is 0 Å². The monoisotopic (exact) mass is 272 g/mol. The van der Waals surface area contributed by atoms with E-state index in [-0.39, 0.29) is 19.1 Å². The first-order chi connectivity index (χ1) is 9.04. The van der Waals surface area contributed by atoms with Gasteiger partial charge in [0.1, 0.15) is 6.61 Å². The molecule has 0 aliphatic carbocycles. The number of carbonyl (C=O) groups is 1. The summed E-state index contributed by atoms with van der Waals surface area (Å²) in [7, 11) is 1.73. The number of aryl methyl sites for hydroxylation is 1. The zero-order valence-corrected chi connectivity index (χ0v) is 11.0. The van der Waals surface area contributed by atoms with Crippen LogP contribution in [0.15, 0.2) is 18.2 Å². The lowest BCUT2D eigenvalue weighted by Gasteiger charge is -2.11. The van der Waals surface area contributed by atoms with Crippen molar-refractivity contribution in [3.8, 4) is 0 Å². The third-order valence-electron chi connectivity index (χ3n) is 2.46. The topological polar surface area (TPSA) is 50.4 Å². The Morgan fingerprint density at radius 3 is 2.79 bits per heavy atom. The van der Waals surface area contributed by atoms with Crippen LogP contribution in [-0.4, -0.2) is 39.1 Å². The molecule has 19 heavy (non-hydrogen) atoms. The van der Waals surface area contributed by atoms with Gasteiger partial charge in [0.2, 0.25) is 0 Å². The van der Waals surface area contributed by atoms with E-state index >= 15 is 0 Å². The lowest BCUT2D eigenvalue weighted by molar-refractivity contribution is 0.0188. The number of rotatable bonds is 7. The highest BCUT2D eigenvalue weighted by molar-refractivity contribution is 5.99. The maximum Gasteiger partial charge on any atom is 0.261 e. The minimum Gasteiger partial charge on any atom is -0.387 e. The van der Waals surface area contributed by atoms with E-state index in [1.165, 1.54) is 0 Å². The van der Waals surface area contributed by atoms with E-state index < -0.39 is 13.0 Å². The summed E-state index contributed by atoms with van der Waals surface area (Å²) in [5.41, 5.74) is 2.21. The van der Waals surface area contributed by atoms with Crippen LogP contribution in [0.4, 0.5) is 14.5 Å². The molecule has 0 bridgehead atoms. The largest absolute Gasteiger partial charge is 0.387 e. The van der Waals surface area contributed by atoms with E-state index in [4.69, 9.17) is 0 Å². The van der Waals surface area contributed by atoms with Crippen molar-refractivity contribution in [3.05, 3.63) is 29.3 Å². The molecule has 0 radical (unpaired) electrons. The molecule has 0 unspecified atom stereocenters. The van der Waals surface area contributed by atoms with Crippen LogP contribution < -0.4 is 10.6 Å². The number of halogens is 2. The molecule has 1 aromatic rings. The Morgan fingerprint density at radius 2 is 2.16 bits per heavy atom. The molecule has 4 nitrogen and oxygen atoms in total. The van der Waals surface area contributed by atoms with Gasteiger partial charge in [-0.25, -0.2) is 8.78 Å². The molecule has 0 aromatic heterocycles. The van der Waals surface area contributed by atoms with Gasteiger partial charge in [-0.3, -0.25) is 4.79 Å². The number of amides is 1. The molecule has 1 aromatic carbocycles. The lowest BCUT2D eigenvalue weighted by atomic mass is 10.1. The van der Waals surface area contributed by atoms with E-state index in [0.29, 0.717) is 5.56 Å². The van der Waals surface area contributed by atoms with E-state index in [1.54, 1.807) is 13.1 Å². The Kier molecular flexibility index (Phi) is 6.21. The van der Waals surface area contributed by atoms with Crippen LogP contribution in [-0.2, 0) is 4.74 Å². The van der Waals surface area contributed by atoms with Gasteiger partial charge in [0.15, 0.2) is 0 Å². The maximum absolute atomic E-state index is 11.9. The fourth-order valence-corrected chi connectivity index (χ4v) is 1.57. The molecule has 6 heteroatoms. The zero-order valence-electron chi connectivity index (χ0n) is 11.0. The van der Waals surface area contributed by atoms with Crippen molar-refractivity contribution in [2.45, 2.75) is 13.3 Å². The third kappa shape index (κ3) is 5.21. The number of hydrogen-bond donors (Lipinski definition) is 2. The molecule has 0 saturated heterocycles. The second kappa shape index (κ2) is 7.68. The van der Waals surface area contributed by atoms with Gasteiger partial charge in [-0.2, -0.15) is 0 Å². The van der Waals surface area contributed by atoms with Crippen LogP contribution in [0.5, 0.6) is 0 Å². The summed E-state index contributed by atoms with van der Waals surface area (Å²) in [6.07, 6.45) is -2.48. The number of nitrogens with one attached hydrogen (secondary N) is 2. The summed E-state index contributed by atoms with van der Waals surface area (Å²) < 4.78 is 28.3. The van der Waals surface area contributed by atoms with Crippen LogP contribution in [0.3, 0.4) is 0 Å². The first-order valence-electron chi connectivity index (χ1n) is 5.97. The summed E-state index contributed by atoms with van der Waals surface area (Å²) in [5, 5.41) is 5.55. The molecule has 2 N–H and O–H groups in total. The molecule has 106 valence electrons. The van der Waals surface area contributed by atoms with Gasteiger partial charge in [-0.05, 0) is 19.1 Å². The standard InChI is InChI=1S/C13H18F2N2O2/c1-9-3-4-11(16-2)10(7-9)13(18)17-5-6-19-8-12(14)15/h3-4,7,12,16H,5-6,8H2,1-2H3,(H,17,18). The van der Waals surface area contributed by atoms with Crippen LogP contribution >= 0.6 is 0 Å². The molecule has 1 amide bonds. The number of anilines is 1. The van der Waals surface area contributed by atoms with Crippen molar-refractivity contribution >= 4 is 11.6 Å². The van der Waals surface area contributed by atoms with Gasteiger partial charge < -0.3 is 15.4 Å². The summed E-state index contributed by atoms with van der Waals surface area (Å²) in [6.45, 7) is 1.55. The molecule has 0 atom stereocenters. The number of alkyl halides is 2. The fourth-order valence-electron chi connectivity index (χ4n) is 1.57. The van der Waals surface area contributed by atoms with Crippen LogP contribution in [0.2, 0.25) is 0 Å². The molecule has 0 saturated carbocycles. The van der Waals surface area contributed by atoms with Gasteiger partial charge in [-0.15, -0.1) is 0 Å². The first kappa shape index (κ1) is 15.4. The highest BCUT2D eigenvalue weighted by Crippen LogP contribution is 2.16. The average molecular weight is 272 g/mol. The summed E-state index contributed by atoms with van der Waals surface area (Å²) >= 11 is 0. The molecule has 0 spiro atoms. The Balaban J connectivity index is 2.47. The molecular weight excluding hydrogens is 254 g/mol. The number of ether oxygens (including phenoxy) is 1. The molecule has 0 fully saturated rings. The summed E-state index contributed by atoms with van der Waals surface area (Å²) in [4.78, 5) is 11.9. The van der Waals surface area contributed by atoms with Crippen molar-refractivity contribution in [2.24, 2.45) is 0 Å². The predicted molar refractivity (Wildman–Crippen MR) is 69.9 cm³/mol. The Bertz CT molecular complexity index is 425. The average Bonchev–Trinajstić information content (AvgIpc) is 2.37. The van der Waals surface area contributed by atoms with Crippen LogP contribution in [0, 0.1) is 6.92 Å². The van der Waals surface area contributed by atoms with E-state index in [2.05, 4.69) is 15.4 Å². The van der Waals surface area contributed by atoms with Gasteiger partial charge >= 0.3 is 0 Å². The second-order valence-corrected chi connectivity index (χ2v) is 4.02. The highest BCUT2D eigenvalue weighted by atomic mass is 19.3. The van der Waals surface area contributed by atoms with Crippen molar-refractivity contribution in [1.82, 2.24) is 5.32 Å². The van der Waals surface area contributed by atoms with E-state index in [9.17, 15) is 13.6 Å². The van der Waals surface area contributed by atoms with Gasteiger partial charge in [0.25, 0.3) is 12.3 Å². The molecular formula is C13H18F2N2O2. The molecule has 0 aliphatic rings. The number of carbonyl (C=O) groups excluding carboxylic acids is 1. The lowest BCUT2D eigenvalue weighted by Crippen LogP contribution is -2.28. The molecule has 0 aliphatic heterocycles. The van der Waals surface area contributed by atoms with Crippen molar-refractivity contribution < 1.29 is 18.3 Å². The highest BCUT2D eigenvalue weighted by Gasteiger charge is 2.10. The zero-order chi connectivity index (χ0) is 14.3. The van der Waals surface area contributed by atoms with Crippen LogP contribution in [0.1, 0.15) is 15.9 Å². The first-order valence-corrected chi connectivity index (χ1v) is 5.97. The SMILES string of the molecule is CNc1ccc(C)cc1C(=O)NCCOCC(F)F. The Morgan fingerprint density at radius 1 is 1.42 bits per heavy atom. The number of hydrogen-bond acceptors (Lipinski definition) is 3. The minimum absolute atomic E-state index is 0.0663. The maximum atomic E-state index is 11.9. The van der Waals surface area contributed by atoms with Gasteiger partial charge in [0, 0.05) is 19.3 Å². The third-order valence-corrected chi connectivity index (χ3v) is 2.46. The van der Waals surface area contributed by atoms with Crippen molar-refractivity contribution in [1.29, 1.82) is 0 Å².